The molecule has 1 radical (unpaired) electrons. The van der Waals surface area contributed by atoms with E-state index in [-0.39, 0.29) is 5.75 Å². The van der Waals surface area contributed by atoms with Crippen molar-refractivity contribution in [2.24, 2.45) is 5.73 Å². The van der Waals surface area contributed by atoms with Gasteiger partial charge in [0.1, 0.15) is 10.7 Å². The van der Waals surface area contributed by atoms with Crippen molar-refractivity contribution in [1.82, 2.24) is 0 Å². The molecule has 0 saturated carbocycles. The molecule has 0 heterocycles. The maximum atomic E-state index is 10.7. The third-order valence-electron chi connectivity index (χ3n) is 2.66. The Kier molecular flexibility index (Phi) is 4.12. The Morgan fingerprint density at radius 1 is 1.06 bits per heavy atom. The van der Waals surface area contributed by atoms with E-state index in [0.29, 0.717) is 12.1 Å². The van der Waals surface area contributed by atoms with Crippen LogP contribution in [0.15, 0.2) is 42.5 Å². The van der Waals surface area contributed by atoms with Gasteiger partial charge in [0.05, 0.1) is 5.75 Å². The summed E-state index contributed by atoms with van der Waals surface area (Å²) in [5.74, 6) is 0.0318. The molecular weight excluding hydrogens is 246 g/mol. The van der Waals surface area contributed by atoms with Gasteiger partial charge in [0, 0.05) is 6.54 Å². The minimum absolute atomic E-state index is 0.0318. The Balaban J connectivity index is 2.31. The van der Waals surface area contributed by atoms with Gasteiger partial charge in [0.2, 0.25) is 0 Å². The molecule has 0 spiro atoms. The van der Waals surface area contributed by atoms with E-state index >= 15 is 0 Å². The molecule has 0 aliphatic carbocycles. The predicted octanol–water partition coefficient (Wildman–Crippen LogP) is 1.72. The summed E-state index contributed by atoms with van der Waals surface area (Å²) in [6.07, 6.45) is 0. The van der Waals surface area contributed by atoms with Gasteiger partial charge in [-0.05, 0) is 28.3 Å². The van der Waals surface area contributed by atoms with Crippen molar-refractivity contribution in [3.05, 3.63) is 59.7 Å². The van der Waals surface area contributed by atoms with Crippen LogP contribution < -0.4 is 5.73 Å². The summed E-state index contributed by atoms with van der Waals surface area (Å²) in [5, 5.41) is 0. The molecule has 0 atom stereocenters. The number of hydrogen-bond acceptors (Lipinski definition) is 3. The van der Waals surface area contributed by atoms with E-state index in [1.807, 2.05) is 36.4 Å². The average molecular weight is 260 g/mol. The fraction of sp³-hybridized carbons (Fsp3) is 0.143. The lowest BCUT2D eigenvalue weighted by Crippen LogP contribution is -1.95. The lowest BCUT2D eigenvalue weighted by atomic mass is 10.0. The zero-order valence-corrected chi connectivity index (χ0v) is 10.7. The highest BCUT2D eigenvalue weighted by Crippen LogP contribution is 2.20. The van der Waals surface area contributed by atoms with Crippen LogP contribution in [0.2, 0.25) is 0 Å². The van der Waals surface area contributed by atoms with Gasteiger partial charge in [-0.25, -0.2) is 8.42 Å². The zero-order valence-electron chi connectivity index (χ0n) is 9.80. The van der Waals surface area contributed by atoms with E-state index < -0.39 is 10.7 Å². The summed E-state index contributed by atoms with van der Waals surface area (Å²) >= 11 is 0. The summed E-state index contributed by atoms with van der Waals surface area (Å²) in [5.41, 5.74) is 9.20. The Hall–Kier alpha value is -1.65. The second-order valence-corrected chi connectivity index (χ2v) is 4.96. The monoisotopic (exact) mass is 260 g/mol. The fourth-order valence-electron chi connectivity index (χ4n) is 1.74. The number of rotatable bonds is 4. The molecule has 0 unspecified atom stereocenters. The zero-order chi connectivity index (χ0) is 13.0. The van der Waals surface area contributed by atoms with Gasteiger partial charge in [0.25, 0.3) is 0 Å². The Morgan fingerprint density at radius 2 is 1.78 bits per heavy atom. The summed E-state index contributed by atoms with van der Waals surface area (Å²) in [6.45, 7) is 0.515. The van der Waals surface area contributed by atoms with Gasteiger partial charge in [-0.1, -0.05) is 42.5 Å². The SMILES string of the molecule is NCc1ccc(-c2[c]c(C[SH](=O)=O)ccc2)cc1. The van der Waals surface area contributed by atoms with Crippen LogP contribution >= 0.6 is 0 Å². The second kappa shape index (κ2) is 5.80. The van der Waals surface area contributed by atoms with E-state index in [1.165, 1.54) is 0 Å². The molecule has 2 aromatic rings. The maximum Gasteiger partial charge on any atom is 0.144 e. The van der Waals surface area contributed by atoms with Gasteiger partial charge in [-0.15, -0.1) is 0 Å². The summed E-state index contributed by atoms with van der Waals surface area (Å²) < 4.78 is 21.4. The molecule has 0 aliphatic rings. The topological polar surface area (TPSA) is 60.2 Å². The Bertz CT molecular complexity index is 595. The van der Waals surface area contributed by atoms with Crippen molar-refractivity contribution in [3.63, 3.8) is 0 Å². The van der Waals surface area contributed by atoms with Crippen LogP contribution in [0.25, 0.3) is 11.1 Å². The molecule has 0 aliphatic heterocycles. The predicted molar refractivity (Wildman–Crippen MR) is 72.6 cm³/mol. The third-order valence-corrected chi connectivity index (χ3v) is 3.25. The first-order valence-electron chi connectivity index (χ1n) is 5.61. The third kappa shape index (κ3) is 3.18. The molecule has 4 heteroatoms. The van der Waals surface area contributed by atoms with E-state index in [9.17, 15) is 8.42 Å². The molecule has 18 heavy (non-hydrogen) atoms. The summed E-state index contributed by atoms with van der Waals surface area (Å²) in [7, 11) is -2.41. The molecule has 0 saturated heterocycles. The van der Waals surface area contributed by atoms with Crippen LogP contribution in [0.1, 0.15) is 11.1 Å². The molecule has 0 bridgehead atoms. The number of nitrogens with two attached hydrogens (primary N) is 1. The van der Waals surface area contributed by atoms with E-state index in [4.69, 9.17) is 5.73 Å². The van der Waals surface area contributed by atoms with E-state index in [2.05, 4.69) is 6.07 Å². The smallest absolute Gasteiger partial charge is 0.144 e. The van der Waals surface area contributed by atoms with Gasteiger partial charge in [0.15, 0.2) is 0 Å². The highest BCUT2D eigenvalue weighted by Gasteiger charge is 2.01. The number of benzene rings is 2. The van der Waals surface area contributed by atoms with Crippen LogP contribution in [-0.4, -0.2) is 8.42 Å². The number of thiol groups is 1. The van der Waals surface area contributed by atoms with Crippen LogP contribution in [-0.2, 0) is 23.0 Å². The van der Waals surface area contributed by atoms with E-state index in [1.54, 1.807) is 6.07 Å². The van der Waals surface area contributed by atoms with Crippen LogP contribution in [0, 0.1) is 6.07 Å². The highest BCUT2D eigenvalue weighted by molar-refractivity contribution is 7.71. The van der Waals surface area contributed by atoms with Crippen molar-refractivity contribution in [2.75, 3.05) is 0 Å². The lowest BCUT2D eigenvalue weighted by Gasteiger charge is -2.04. The quantitative estimate of drug-likeness (QED) is 0.823. The summed E-state index contributed by atoms with van der Waals surface area (Å²) in [4.78, 5) is 0. The van der Waals surface area contributed by atoms with Crippen LogP contribution in [0.4, 0.5) is 0 Å². The van der Waals surface area contributed by atoms with Gasteiger partial charge in [-0.3, -0.25) is 0 Å². The maximum absolute atomic E-state index is 10.7. The summed E-state index contributed by atoms with van der Waals surface area (Å²) in [6, 6.07) is 16.5. The Morgan fingerprint density at radius 3 is 2.39 bits per heavy atom. The van der Waals surface area contributed by atoms with Crippen LogP contribution in [0.5, 0.6) is 0 Å². The second-order valence-electron chi connectivity index (χ2n) is 3.98. The largest absolute Gasteiger partial charge is 0.326 e. The van der Waals surface area contributed by atoms with Gasteiger partial charge >= 0.3 is 0 Å². The van der Waals surface area contributed by atoms with Crippen molar-refractivity contribution < 1.29 is 8.42 Å². The minimum Gasteiger partial charge on any atom is -0.326 e. The first kappa shape index (κ1) is 12.8. The van der Waals surface area contributed by atoms with Crippen LogP contribution in [0.3, 0.4) is 0 Å². The molecule has 2 aromatic carbocycles. The average Bonchev–Trinajstić information content (AvgIpc) is 2.38. The minimum atomic E-state index is -2.41. The molecule has 2 N–H and O–H groups in total. The lowest BCUT2D eigenvalue weighted by molar-refractivity contribution is 0.614. The van der Waals surface area contributed by atoms with Crippen molar-refractivity contribution in [1.29, 1.82) is 0 Å². The van der Waals surface area contributed by atoms with E-state index in [0.717, 1.165) is 16.7 Å². The standard InChI is InChI=1S/C14H14NO2S/c15-9-11-4-6-13(7-5-11)14-3-1-2-12(8-14)10-18(16)17/h1-7,18H,9-10,15H2. The first-order valence-corrected chi connectivity index (χ1v) is 6.97. The van der Waals surface area contributed by atoms with Crippen molar-refractivity contribution >= 4 is 10.7 Å². The first-order chi connectivity index (χ1) is 8.69. The van der Waals surface area contributed by atoms with Gasteiger partial charge < -0.3 is 5.73 Å². The molecule has 0 amide bonds. The molecule has 0 fully saturated rings. The number of hydrogen-bond donors (Lipinski definition) is 2. The molecule has 2 rings (SSSR count). The molecule has 0 aromatic heterocycles. The van der Waals surface area contributed by atoms with Gasteiger partial charge in [-0.2, -0.15) is 0 Å². The Labute approximate surface area is 108 Å². The highest BCUT2D eigenvalue weighted by atomic mass is 32.2. The normalized spacial score (nSPS) is 10.8. The fourth-order valence-corrected chi connectivity index (χ4v) is 2.20. The molecule has 93 valence electrons. The molecule has 3 nitrogen and oxygen atoms in total. The van der Waals surface area contributed by atoms with Crippen molar-refractivity contribution in [2.45, 2.75) is 12.3 Å². The molecular formula is C14H14NO2S. The van der Waals surface area contributed by atoms with Crippen molar-refractivity contribution in [3.8, 4) is 11.1 Å².